The molecule has 0 atom stereocenters. The first-order chi connectivity index (χ1) is 6.72. The van der Waals surface area contributed by atoms with E-state index in [-0.39, 0.29) is 5.70 Å². The minimum absolute atomic E-state index is 0.0930. The van der Waals surface area contributed by atoms with Crippen LogP contribution in [0.5, 0.6) is 0 Å². The normalized spacial score (nSPS) is 12.0. The van der Waals surface area contributed by atoms with Gasteiger partial charge in [0, 0.05) is 12.6 Å². The summed E-state index contributed by atoms with van der Waals surface area (Å²) in [7, 11) is 0. The Morgan fingerprint density at radius 3 is 2.86 bits per heavy atom. The topological polar surface area (TPSA) is 55.2 Å². The van der Waals surface area contributed by atoms with E-state index in [4.69, 9.17) is 0 Å². The molecule has 0 aromatic carbocycles. The van der Waals surface area contributed by atoms with Gasteiger partial charge in [-0.2, -0.15) is 0 Å². The first-order valence-corrected chi connectivity index (χ1v) is 5.78. The van der Waals surface area contributed by atoms with Crippen molar-refractivity contribution in [3.63, 3.8) is 0 Å². The number of nitrogens with one attached hydrogen (secondary N) is 1. The van der Waals surface area contributed by atoms with Crippen molar-refractivity contribution in [1.29, 1.82) is 0 Å². The minimum Gasteiger partial charge on any atom is -0.385 e. The smallest absolute Gasteiger partial charge is 0.285 e. The summed E-state index contributed by atoms with van der Waals surface area (Å²) in [6, 6.07) is 0. The molecule has 0 aliphatic rings. The molecule has 0 fully saturated rings. The molecule has 0 bridgehead atoms. The summed E-state index contributed by atoms with van der Waals surface area (Å²) in [5.74, 6) is 0. The second-order valence-electron chi connectivity index (χ2n) is 2.67. The van der Waals surface area contributed by atoms with E-state index >= 15 is 0 Å². The Kier molecular flexibility index (Phi) is 8.02. The molecule has 0 aliphatic heterocycles. The first-order valence-electron chi connectivity index (χ1n) is 4.49. The number of unbranched alkanes of at least 4 members (excludes halogenated alkanes) is 1. The fourth-order valence-corrected chi connectivity index (χ4v) is 1.03. The number of hydrogen-bond acceptors (Lipinski definition) is 4. The van der Waals surface area contributed by atoms with Crippen LogP contribution in [-0.4, -0.2) is 17.7 Å². The lowest BCUT2D eigenvalue weighted by atomic mass is 10.3. The van der Waals surface area contributed by atoms with Crippen LogP contribution in [0.15, 0.2) is 23.4 Å². The van der Waals surface area contributed by atoms with Crippen molar-refractivity contribution in [2.24, 2.45) is 0 Å². The summed E-state index contributed by atoms with van der Waals surface area (Å²) in [5, 5.41) is 15.1. The van der Waals surface area contributed by atoms with Gasteiger partial charge < -0.3 is 5.32 Å². The molecule has 0 heterocycles. The molecule has 0 aromatic rings. The van der Waals surface area contributed by atoms with E-state index in [1.807, 2.05) is 6.26 Å². The molecule has 0 saturated carbocycles. The quantitative estimate of drug-likeness (QED) is 0.307. The van der Waals surface area contributed by atoms with E-state index < -0.39 is 4.92 Å². The zero-order valence-electron chi connectivity index (χ0n) is 8.53. The standard InChI is InChI=1S/C9H16N2O2S/c1-3-4-6-10-8-9(11(12)13)5-7-14-2/h5,7-8,10H,3-4,6H2,1-2H3/b7-5-,9-8-. The molecule has 0 spiro atoms. The number of nitrogens with zero attached hydrogens (tertiary/aromatic N) is 1. The summed E-state index contributed by atoms with van der Waals surface area (Å²) in [6.07, 6.45) is 6.90. The van der Waals surface area contributed by atoms with E-state index in [1.165, 1.54) is 24.0 Å². The monoisotopic (exact) mass is 216 g/mol. The number of hydrogen-bond donors (Lipinski definition) is 1. The highest BCUT2D eigenvalue weighted by atomic mass is 32.2. The summed E-state index contributed by atoms with van der Waals surface area (Å²) in [4.78, 5) is 10.1. The van der Waals surface area contributed by atoms with Crippen LogP contribution in [0.25, 0.3) is 0 Å². The Hall–Kier alpha value is -0.970. The van der Waals surface area contributed by atoms with Crippen molar-refractivity contribution in [2.45, 2.75) is 19.8 Å². The van der Waals surface area contributed by atoms with Gasteiger partial charge in [0.25, 0.3) is 5.70 Å². The lowest BCUT2D eigenvalue weighted by Crippen LogP contribution is -2.10. The Morgan fingerprint density at radius 2 is 2.36 bits per heavy atom. The average Bonchev–Trinajstić information content (AvgIpc) is 2.16. The molecule has 1 N–H and O–H groups in total. The second-order valence-corrected chi connectivity index (χ2v) is 3.42. The fraction of sp³-hybridized carbons (Fsp3) is 0.556. The Bertz CT molecular complexity index is 227. The third kappa shape index (κ3) is 6.54. The molecule has 0 saturated heterocycles. The molecule has 4 nitrogen and oxygen atoms in total. The van der Waals surface area contributed by atoms with Gasteiger partial charge in [-0.25, -0.2) is 0 Å². The van der Waals surface area contributed by atoms with Crippen LogP contribution in [0.1, 0.15) is 19.8 Å². The molecule has 0 aromatic heterocycles. The molecule has 0 aliphatic carbocycles. The van der Waals surface area contributed by atoms with Crippen molar-refractivity contribution in [3.8, 4) is 0 Å². The van der Waals surface area contributed by atoms with E-state index in [1.54, 1.807) is 5.41 Å². The van der Waals surface area contributed by atoms with Gasteiger partial charge in [0.2, 0.25) is 0 Å². The number of allylic oxidation sites excluding steroid dienone is 1. The summed E-state index contributed by atoms with van der Waals surface area (Å²) < 4.78 is 0. The molecular weight excluding hydrogens is 200 g/mol. The summed E-state index contributed by atoms with van der Waals surface area (Å²) in [6.45, 7) is 2.86. The molecule has 5 heteroatoms. The minimum atomic E-state index is -0.397. The van der Waals surface area contributed by atoms with Crippen molar-refractivity contribution < 1.29 is 4.92 Å². The number of rotatable bonds is 7. The van der Waals surface area contributed by atoms with Crippen LogP contribution >= 0.6 is 11.8 Å². The molecule has 14 heavy (non-hydrogen) atoms. The van der Waals surface area contributed by atoms with Crippen LogP contribution in [0, 0.1) is 10.1 Å². The number of nitro groups is 1. The lowest BCUT2D eigenvalue weighted by molar-refractivity contribution is -0.419. The maximum atomic E-state index is 10.5. The SMILES string of the molecule is CCCCN/C=C(/C=C\SC)[N+](=O)[O-]. The van der Waals surface area contributed by atoms with Crippen molar-refractivity contribution >= 4 is 11.8 Å². The van der Waals surface area contributed by atoms with Crippen LogP contribution in [-0.2, 0) is 0 Å². The second kappa shape index (κ2) is 8.62. The van der Waals surface area contributed by atoms with E-state index in [0.29, 0.717) is 0 Å². The van der Waals surface area contributed by atoms with Gasteiger partial charge in [0.15, 0.2) is 0 Å². The Labute approximate surface area is 88.6 Å². The zero-order valence-corrected chi connectivity index (χ0v) is 9.34. The highest BCUT2D eigenvalue weighted by molar-refractivity contribution is 8.01. The summed E-state index contributed by atoms with van der Waals surface area (Å²) >= 11 is 1.44. The third-order valence-electron chi connectivity index (χ3n) is 1.51. The molecule has 0 radical (unpaired) electrons. The molecule has 0 rings (SSSR count). The maximum absolute atomic E-state index is 10.5. The third-order valence-corrected chi connectivity index (χ3v) is 1.92. The van der Waals surface area contributed by atoms with Gasteiger partial charge in [-0.15, -0.1) is 11.8 Å². The van der Waals surface area contributed by atoms with Crippen LogP contribution in [0.4, 0.5) is 0 Å². The highest BCUT2D eigenvalue weighted by Crippen LogP contribution is 2.01. The van der Waals surface area contributed by atoms with Crippen molar-refractivity contribution in [1.82, 2.24) is 5.32 Å². The van der Waals surface area contributed by atoms with Crippen molar-refractivity contribution in [2.75, 3.05) is 12.8 Å². The van der Waals surface area contributed by atoms with Gasteiger partial charge in [0.05, 0.1) is 11.1 Å². The van der Waals surface area contributed by atoms with E-state index in [2.05, 4.69) is 12.2 Å². The van der Waals surface area contributed by atoms with Crippen LogP contribution in [0.3, 0.4) is 0 Å². The largest absolute Gasteiger partial charge is 0.385 e. The zero-order chi connectivity index (χ0) is 10.8. The maximum Gasteiger partial charge on any atom is 0.285 e. The van der Waals surface area contributed by atoms with Crippen LogP contribution < -0.4 is 5.32 Å². The van der Waals surface area contributed by atoms with E-state index in [9.17, 15) is 10.1 Å². The predicted molar refractivity (Wildman–Crippen MR) is 60.6 cm³/mol. The molecule has 80 valence electrons. The first kappa shape index (κ1) is 13.0. The lowest BCUT2D eigenvalue weighted by Gasteiger charge is -1.97. The fourth-order valence-electron chi connectivity index (χ4n) is 0.755. The van der Waals surface area contributed by atoms with Crippen LogP contribution in [0.2, 0.25) is 0 Å². The van der Waals surface area contributed by atoms with Gasteiger partial charge in [0.1, 0.15) is 0 Å². The Morgan fingerprint density at radius 1 is 1.64 bits per heavy atom. The van der Waals surface area contributed by atoms with E-state index in [0.717, 1.165) is 19.4 Å². The molecule has 0 amide bonds. The molecule has 0 unspecified atom stereocenters. The Balaban J connectivity index is 4.06. The van der Waals surface area contributed by atoms with Gasteiger partial charge in [-0.05, 0) is 18.1 Å². The van der Waals surface area contributed by atoms with Crippen molar-refractivity contribution in [3.05, 3.63) is 33.5 Å². The molecular formula is C9H16N2O2S. The number of thioether (sulfide) groups is 1. The summed E-state index contributed by atoms with van der Waals surface area (Å²) in [5.41, 5.74) is 0.0930. The predicted octanol–water partition coefficient (Wildman–Crippen LogP) is 2.37. The van der Waals surface area contributed by atoms with Gasteiger partial charge in [-0.3, -0.25) is 10.1 Å². The highest BCUT2D eigenvalue weighted by Gasteiger charge is 2.03. The average molecular weight is 216 g/mol. The van der Waals surface area contributed by atoms with Gasteiger partial charge in [-0.1, -0.05) is 13.3 Å². The van der Waals surface area contributed by atoms with Gasteiger partial charge >= 0.3 is 0 Å².